The third-order valence-corrected chi connectivity index (χ3v) is 3.96. The average molecular weight is 269 g/mol. The summed E-state index contributed by atoms with van der Waals surface area (Å²) >= 11 is 1.49. The Kier molecular flexibility index (Phi) is 5.50. The molecule has 1 rings (SSSR count). The van der Waals surface area contributed by atoms with Crippen molar-refractivity contribution in [1.29, 1.82) is 0 Å². The minimum atomic E-state index is -0.326. The number of rotatable bonds is 5. The summed E-state index contributed by atoms with van der Waals surface area (Å²) < 4.78 is 0. The monoisotopic (exact) mass is 269 g/mol. The molecule has 0 aliphatic rings. The first-order chi connectivity index (χ1) is 8.49. The predicted octanol–water partition coefficient (Wildman–Crippen LogP) is 1.54. The first-order valence-corrected chi connectivity index (χ1v) is 7.02. The lowest BCUT2D eigenvalue weighted by atomic mass is 10.1. The fraction of sp³-hybridized carbons (Fsp3) is 0.462. The van der Waals surface area contributed by atoms with Crippen molar-refractivity contribution in [3.8, 4) is 5.75 Å². The molecule has 3 N–H and O–H groups in total. The van der Waals surface area contributed by atoms with Gasteiger partial charge in [0, 0.05) is 11.3 Å². The van der Waals surface area contributed by atoms with E-state index in [0.29, 0.717) is 0 Å². The molecule has 2 unspecified atom stereocenters. The van der Waals surface area contributed by atoms with E-state index in [-0.39, 0.29) is 35.1 Å². The van der Waals surface area contributed by atoms with E-state index >= 15 is 0 Å². The van der Waals surface area contributed by atoms with Crippen LogP contribution in [-0.4, -0.2) is 40.3 Å². The first kappa shape index (κ1) is 14.9. The number of benzene rings is 1. The quantitative estimate of drug-likeness (QED) is 0.758. The maximum atomic E-state index is 12.0. The zero-order valence-corrected chi connectivity index (χ0v) is 11.6. The standard InChI is InChI=1S/C13H19NO3S/c1-8-4-5-10(11(16)6-8)13(17)14-9(2)12(7-15)18-3/h4-6,9,12,15-16H,7H2,1-3H3,(H,14,17). The smallest absolute Gasteiger partial charge is 0.255 e. The summed E-state index contributed by atoms with van der Waals surface area (Å²) in [4.78, 5) is 12.0. The van der Waals surface area contributed by atoms with Gasteiger partial charge in [0.2, 0.25) is 0 Å². The van der Waals surface area contributed by atoms with Crippen molar-refractivity contribution in [3.05, 3.63) is 29.3 Å². The van der Waals surface area contributed by atoms with Gasteiger partial charge in [-0.05, 0) is 37.8 Å². The number of aryl methyl sites for hydroxylation is 1. The maximum Gasteiger partial charge on any atom is 0.255 e. The molecule has 0 aromatic heterocycles. The van der Waals surface area contributed by atoms with E-state index in [2.05, 4.69) is 5.32 Å². The molecule has 1 aromatic rings. The summed E-state index contributed by atoms with van der Waals surface area (Å²) in [7, 11) is 0. The first-order valence-electron chi connectivity index (χ1n) is 5.73. The van der Waals surface area contributed by atoms with E-state index in [1.807, 2.05) is 20.1 Å². The number of phenols is 1. The Bertz CT molecular complexity index is 419. The number of phenolic OH excluding ortho intramolecular Hbond substituents is 1. The van der Waals surface area contributed by atoms with Gasteiger partial charge in [-0.1, -0.05) is 6.07 Å². The number of aliphatic hydroxyl groups is 1. The van der Waals surface area contributed by atoms with Crippen molar-refractivity contribution >= 4 is 17.7 Å². The predicted molar refractivity (Wildman–Crippen MR) is 74.2 cm³/mol. The Morgan fingerprint density at radius 2 is 2.17 bits per heavy atom. The lowest BCUT2D eigenvalue weighted by Gasteiger charge is -2.21. The Labute approximate surface area is 111 Å². The van der Waals surface area contributed by atoms with Crippen LogP contribution >= 0.6 is 11.8 Å². The molecule has 0 radical (unpaired) electrons. The molecule has 100 valence electrons. The Morgan fingerprint density at radius 1 is 1.50 bits per heavy atom. The second-order valence-electron chi connectivity index (χ2n) is 4.24. The van der Waals surface area contributed by atoms with Crippen LogP contribution in [-0.2, 0) is 0 Å². The topological polar surface area (TPSA) is 69.6 Å². The van der Waals surface area contributed by atoms with Crippen LogP contribution in [0.15, 0.2) is 18.2 Å². The summed E-state index contributed by atoms with van der Waals surface area (Å²) in [6, 6.07) is 4.76. The number of hydrogen-bond donors (Lipinski definition) is 3. The molecule has 1 amide bonds. The lowest BCUT2D eigenvalue weighted by molar-refractivity contribution is 0.0933. The third-order valence-electron chi connectivity index (χ3n) is 2.80. The largest absolute Gasteiger partial charge is 0.507 e. The van der Waals surface area contributed by atoms with Gasteiger partial charge in [0.1, 0.15) is 5.75 Å². The maximum absolute atomic E-state index is 12.0. The fourth-order valence-corrected chi connectivity index (χ4v) is 2.27. The van der Waals surface area contributed by atoms with Gasteiger partial charge in [0.15, 0.2) is 0 Å². The van der Waals surface area contributed by atoms with Crippen LogP contribution in [0.2, 0.25) is 0 Å². The average Bonchev–Trinajstić information content (AvgIpc) is 2.30. The molecule has 0 saturated carbocycles. The van der Waals surface area contributed by atoms with Gasteiger partial charge in [-0.15, -0.1) is 0 Å². The Balaban J connectivity index is 2.76. The molecule has 0 aliphatic heterocycles. The Hall–Kier alpha value is -1.20. The highest BCUT2D eigenvalue weighted by Gasteiger charge is 2.19. The lowest BCUT2D eigenvalue weighted by Crippen LogP contribution is -2.41. The fourth-order valence-electron chi connectivity index (χ4n) is 1.65. The van der Waals surface area contributed by atoms with Crippen LogP contribution in [0.3, 0.4) is 0 Å². The summed E-state index contributed by atoms with van der Waals surface area (Å²) in [5.41, 5.74) is 1.15. The highest BCUT2D eigenvalue weighted by atomic mass is 32.2. The summed E-state index contributed by atoms with van der Waals surface area (Å²) in [6.07, 6.45) is 1.88. The van der Waals surface area contributed by atoms with E-state index in [4.69, 9.17) is 5.11 Å². The number of nitrogens with one attached hydrogen (secondary N) is 1. The minimum Gasteiger partial charge on any atom is -0.507 e. The highest BCUT2D eigenvalue weighted by molar-refractivity contribution is 7.99. The van der Waals surface area contributed by atoms with Gasteiger partial charge in [-0.25, -0.2) is 0 Å². The normalized spacial score (nSPS) is 14.0. The van der Waals surface area contributed by atoms with Gasteiger partial charge < -0.3 is 15.5 Å². The number of carbonyl (C=O) groups is 1. The van der Waals surface area contributed by atoms with Crippen LogP contribution in [0, 0.1) is 6.92 Å². The molecule has 0 bridgehead atoms. The van der Waals surface area contributed by atoms with Crippen LogP contribution in [0.4, 0.5) is 0 Å². The molecule has 4 nitrogen and oxygen atoms in total. The number of thioether (sulfide) groups is 1. The summed E-state index contributed by atoms with van der Waals surface area (Å²) in [6.45, 7) is 3.68. The van der Waals surface area contributed by atoms with E-state index in [9.17, 15) is 9.90 Å². The summed E-state index contributed by atoms with van der Waals surface area (Å²) in [5, 5.41) is 21.6. The molecular formula is C13H19NO3S. The van der Waals surface area contributed by atoms with Crippen LogP contribution < -0.4 is 5.32 Å². The molecule has 0 fully saturated rings. The zero-order valence-electron chi connectivity index (χ0n) is 10.8. The number of aliphatic hydroxyl groups excluding tert-OH is 1. The van der Waals surface area contributed by atoms with E-state index in [1.165, 1.54) is 11.8 Å². The highest BCUT2D eigenvalue weighted by Crippen LogP contribution is 2.19. The molecule has 5 heteroatoms. The molecule has 18 heavy (non-hydrogen) atoms. The molecule has 0 aliphatic carbocycles. The third kappa shape index (κ3) is 3.65. The van der Waals surface area contributed by atoms with Crippen LogP contribution in [0.5, 0.6) is 5.75 Å². The SMILES string of the molecule is CSC(CO)C(C)NC(=O)c1ccc(C)cc1O. The number of amides is 1. The van der Waals surface area contributed by atoms with Crippen molar-refractivity contribution in [2.75, 3.05) is 12.9 Å². The van der Waals surface area contributed by atoms with Gasteiger partial charge in [0.25, 0.3) is 5.91 Å². The van der Waals surface area contributed by atoms with Crippen molar-refractivity contribution in [1.82, 2.24) is 5.32 Å². The second-order valence-corrected chi connectivity index (χ2v) is 5.32. The van der Waals surface area contributed by atoms with Gasteiger partial charge in [0.05, 0.1) is 12.2 Å². The van der Waals surface area contributed by atoms with E-state index in [0.717, 1.165) is 5.56 Å². The van der Waals surface area contributed by atoms with Gasteiger partial charge in [-0.2, -0.15) is 11.8 Å². The van der Waals surface area contributed by atoms with Gasteiger partial charge >= 0.3 is 0 Å². The van der Waals surface area contributed by atoms with E-state index < -0.39 is 0 Å². The second kappa shape index (κ2) is 6.66. The zero-order chi connectivity index (χ0) is 13.7. The number of aromatic hydroxyl groups is 1. The van der Waals surface area contributed by atoms with Crippen molar-refractivity contribution in [2.45, 2.75) is 25.1 Å². The van der Waals surface area contributed by atoms with Gasteiger partial charge in [-0.3, -0.25) is 4.79 Å². The van der Waals surface area contributed by atoms with Crippen molar-refractivity contribution < 1.29 is 15.0 Å². The molecule has 0 spiro atoms. The van der Waals surface area contributed by atoms with Crippen molar-refractivity contribution in [2.24, 2.45) is 0 Å². The Morgan fingerprint density at radius 3 is 2.67 bits per heavy atom. The van der Waals surface area contributed by atoms with E-state index in [1.54, 1.807) is 18.2 Å². The molecule has 2 atom stereocenters. The van der Waals surface area contributed by atoms with Crippen molar-refractivity contribution in [3.63, 3.8) is 0 Å². The number of hydrogen-bond acceptors (Lipinski definition) is 4. The molecule has 0 heterocycles. The number of carbonyl (C=O) groups excluding carboxylic acids is 1. The molecular weight excluding hydrogens is 250 g/mol. The molecule has 1 aromatic carbocycles. The van der Waals surface area contributed by atoms with Crippen LogP contribution in [0.1, 0.15) is 22.8 Å². The molecule has 0 saturated heterocycles. The minimum absolute atomic E-state index is 0.00247. The summed E-state index contributed by atoms with van der Waals surface area (Å²) in [5.74, 6) is -0.350. The van der Waals surface area contributed by atoms with Crippen LogP contribution in [0.25, 0.3) is 0 Å².